The number of halogens is 1. The van der Waals surface area contributed by atoms with E-state index in [1.807, 2.05) is 6.92 Å². The van der Waals surface area contributed by atoms with Crippen molar-refractivity contribution in [3.05, 3.63) is 58.2 Å². The van der Waals surface area contributed by atoms with Crippen LogP contribution in [0.1, 0.15) is 48.2 Å². The predicted octanol–water partition coefficient (Wildman–Crippen LogP) is 3.52. The van der Waals surface area contributed by atoms with Gasteiger partial charge in [-0.3, -0.25) is 14.5 Å². The SMILES string of the molecule is Cc1cc(C(=O)N(c2ncccc2Cl)[C@@H]2CCCNC2)ccc1C1=NOC(C)(C)C1=O. The molecule has 7 nitrogen and oxygen atoms in total. The molecular weight excluding hydrogens is 416 g/mol. The number of benzene rings is 1. The molecule has 162 valence electrons. The average Bonchev–Trinajstić information content (AvgIpc) is 3.03. The number of nitrogens with zero attached hydrogens (tertiary/aromatic N) is 3. The Morgan fingerprint density at radius 1 is 1.32 bits per heavy atom. The molecular formula is C23H25ClN4O3. The summed E-state index contributed by atoms with van der Waals surface area (Å²) in [6, 6.07) is 8.67. The highest BCUT2D eigenvalue weighted by molar-refractivity contribution is 6.49. The van der Waals surface area contributed by atoms with Crippen LogP contribution in [-0.4, -0.2) is 47.1 Å². The number of aryl methyl sites for hydroxylation is 1. The third-order valence-electron chi connectivity index (χ3n) is 5.68. The van der Waals surface area contributed by atoms with E-state index in [1.54, 1.807) is 55.3 Å². The van der Waals surface area contributed by atoms with E-state index in [2.05, 4.69) is 15.5 Å². The number of carbonyl (C=O) groups is 2. The molecule has 2 aliphatic rings. The molecule has 1 aromatic heterocycles. The number of Topliss-reactive ketones (excluding diaryl/α,β-unsaturated/α-hetero) is 1. The van der Waals surface area contributed by atoms with Crippen molar-refractivity contribution in [1.82, 2.24) is 10.3 Å². The van der Waals surface area contributed by atoms with Crippen LogP contribution in [0.4, 0.5) is 5.82 Å². The number of piperidine rings is 1. The number of hydrogen-bond acceptors (Lipinski definition) is 6. The highest BCUT2D eigenvalue weighted by Crippen LogP contribution is 2.29. The van der Waals surface area contributed by atoms with Gasteiger partial charge in [0.2, 0.25) is 5.78 Å². The van der Waals surface area contributed by atoms with E-state index in [0.29, 0.717) is 28.5 Å². The van der Waals surface area contributed by atoms with Gasteiger partial charge < -0.3 is 10.2 Å². The Morgan fingerprint density at radius 2 is 2.13 bits per heavy atom. The molecule has 4 rings (SSSR count). The Hall–Kier alpha value is -2.77. The molecule has 0 unspecified atom stereocenters. The van der Waals surface area contributed by atoms with Gasteiger partial charge in [0.15, 0.2) is 17.1 Å². The van der Waals surface area contributed by atoms with Crippen molar-refractivity contribution in [3.63, 3.8) is 0 Å². The second-order valence-electron chi connectivity index (χ2n) is 8.38. The summed E-state index contributed by atoms with van der Waals surface area (Å²) >= 11 is 6.41. The second-order valence-corrected chi connectivity index (χ2v) is 8.79. The Bertz CT molecular complexity index is 1060. The van der Waals surface area contributed by atoms with Crippen molar-refractivity contribution >= 4 is 34.8 Å². The normalized spacial score (nSPS) is 20.2. The van der Waals surface area contributed by atoms with E-state index in [4.69, 9.17) is 16.4 Å². The molecule has 0 bridgehead atoms. The highest BCUT2D eigenvalue weighted by Gasteiger charge is 2.40. The van der Waals surface area contributed by atoms with Gasteiger partial charge in [-0.15, -0.1) is 0 Å². The van der Waals surface area contributed by atoms with Crippen LogP contribution in [0.5, 0.6) is 0 Å². The number of rotatable bonds is 4. The molecule has 1 amide bonds. The van der Waals surface area contributed by atoms with Crippen molar-refractivity contribution in [2.75, 3.05) is 18.0 Å². The number of pyridine rings is 1. The van der Waals surface area contributed by atoms with E-state index in [1.165, 1.54) is 0 Å². The van der Waals surface area contributed by atoms with Crippen LogP contribution in [0.15, 0.2) is 41.7 Å². The molecule has 1 N–H and O–H groups in total. The molecule has 1 fully saturated rings. The van der Waals surface area contributed by atoms with Gasteiger partial charge in [0.05, 0.1) is 11.1 Å². The smallest absolute Gasteiger partial charge is 0.259 e. The van der Waals surface area contributed by atoms with Crippen molar-refractivity contribution in [3.8, 4) is 0 Å². The standard InChI is InChI=1S/C23H25ClN4O3/c1-14-12-15(8-9-17(14)19-20(29)23(2,3)31-27-19)22(30)28(16-6-4-10-25-13-16)21-18(24)7-5-11-26-21/h5,7-9,11-12,16,25H,4,6,10,13H2,1-3H3/t16-/m1/s1. The van der Waals surface area contributed by atoms with Gasteiger partial charge in [0, 0.05) is 23.9 Å². The van der Waals surface area contributed by atoms with Crippen LogP contribution in [0, 0.1) is 6.92 Å². The van der Waals surface area contributed by atoms with Crippen LogP contribution >= 0.6 is 11.6 Å². The van der Waals surface area contributed by atoms with E-state index in [0.717, 1.165) is 24.9 Å². The maximum atomic E-state index is 13.6. The summed E-state index contributed by atoms with van der Waals surface area (Å²) in [6.07, 6.45) is 3.47. The summed E-state index contributed by atoms with van der Waals surface area (Å²) in [6.45, 7) is 6.83. The minimum Gasteiger partial charge on any atom is -0.381 e. The second kappa shape index (κ2) is 8.40. The number of nitrogens with one attached hydrogen (secondary N) is 1. The number of carbonyl (C=O) groups excluding carboxylic acids is 2. The van der Waals surface area contributed by atoms with Gasteiger partial charge in [0.1, 0.15) is 0 Å². The van der Waals surface area contributed by atoms with Gasteiger partial charge in [-0.1, -0.05) is 22.8 Å². The van der Waals surface area contributed by atoms with Gasteiger partial charge in [0.25, 0.3) is 5.91 Å². The Labute approximate surface area is 186 Å². The summed E-state index contributed by atoms with van der Waals surface area (Å²) in [7, 11) is 0. The maximum Gasteiger partial charge on any atom is 0.259 e. The zero-order valence-corrected chi connectivity index (χ0v) is 18.6. The van der Waals surface area contributed by atoms with Gasteiger partial charge in [-0.2, -0.15) is 0 Å². The summed E-state index contributed by atoms with van der Waals surface area (Å²) < 4.78 is 0. The van der Waals surface area contributed by atoms with E-state index < -0.39 is 5.60 Å². The van der Waals surface area contributed by atoms with Crippen molar-refractivity contribution < 1.29 is 14.4 Å². The zero-order chi connectivity index (χ0) is 22.2. The third-order valence-corrected chi connectivity index (χ3v) is 5.97. The Balaban J connectivity index is 1.68. The monoisotopic (exact) mass is 440 g/mol. The van der Waals surface area contributed by atoms with Gasteiger partial charge in [-0.05, 0) is 70.0 Å². The lowest BCUT2D eigenvalue weighted by Gasteiger charge is -2.34. The summed E-state index contributed by atoms with van der Waals surface area (Å²) in [5.74, 6) is 0.0974. The maximum absolute atomic E-state index is 13.6. The summed E-state index contributed by atoms with van der Waals surface area (Å²) in [4.78, 5) is 37.6. The lowest BCUT2D eigenvalue weighted by atomic mass is 9.92. The fraction of sp³-hybridized carbons (Fsp3) is 0.391. The molecule has 31 heavy (non-hydrogen) atoms. The van der Waals surface area contributed by atoms with Crippen molar-refractivity contribution in [2.24, 2.45) is 5.16 Å². The quantitative estimate of drug-likeness (QED) is 0.786. The predicted molar refractivity (Wildman–Crippen MR) is 120 cm³/mol. The lowest BCUT2D eigenvalue weighted by molar-refractivity contribution is -0.128. The molecule has 0 spiro atoms. The number of oxime groups is 1. The zero-order valence-electron chi connectivity index (χ0n) is 17.8. The average molecular weight is 441 g/mol. The van der Waals surface area contributed by atoms with Crippen LogP contribution in [0.25, 0.3) is 0 Å². The first-order valence-corrected chi connectivity index (χ1v) is 10.7. The third kappa shape index (κ3) is 4.07. The lowest BCUT2D eigenvalue weighted by Crippen LogP contribution is -2.49. The molecule has 1 aromatic carbocycles. The number of hydrogen-bond donors (Lipinski definition) is 1. The van der Waals surface area contributed by atoms with Crippen molar-refractivity contribution in [1.29, 1.82) is 0 Å². The first kappa shape index (κ1) is 21.5. The molecule has 2 aliphatic heterocycles. The number of ketones is 1. The number of amides is 1. The number of aromatic nitrogens is 1. The molecule has 0 aliphatic carbocycles. The minimum atomic E-state index is -0.975. The fourth-order valence-electron chi connectivity index (χ4n) is 3.94. The highest BCUT2D eigenvalue weighted by atomic mass is 35.5. The minimum absolute atomic E-state index is 0.0522. The van der Waals surface area contributed by atoms with Crippen LogP contribution in [-0.2, 0) is 9.63 Å². The van der Waals surface area contributed by atoms with E-state index in [-0.39, 0.29) is 23.4 Å². The fourth-order valence-corrected chi connectivity index (χ4v) is 4.16. The first-order valence-electron chi connectivity index (χ1n) is 10.4. The van der Waals surface area contributed by atoms with Crippen LogP contribution < -0.4 is 10.2 Å². The first-order chi connectivity index (χ1) is 14.8. The summed E-state index contributed by atoms with van der Waals surface area (Å²) in [5.41, 5.74) is 1.24. The van der Waals surface area contributed by atoms with E-state index in [9.17, 15) is 9.59 Å². The largest absolute Gasteiger partial charge is 0.381 e. The summed E-state index contributed by atoms with van der Waals surface area (Å²) in [5, 5.41) is 7.76. The molecule has 1 atom stereocenters. The molecule has 1 saturated heterocycles. The Morgan fingerprint density at radius 3 is 2.74 bits per heavy atom. The number of anilines is 1. The van der Waals surface area contributed by atoms with Crippen LogP contribution in [0.2, 0.25) is 5.02 Å². The van der Waals surface area contributed by atoms with Gasteiger partial charge >= 0.3 is 0 Å². The van der Waals surface area contributed by atoms with Gasteiger partial charge in [-0.25, -0.2) is 4.98 Å². The Kier molecular flexibility index (Phi) is 5.81. The van der Waals surface area contributed by atoms with Crippen LogP contribution in [0.3, 0.4) is 0 Å². The molecule has 2 aromatic rings. The topological polar surface area (TPSA) is 83.9 Å². The molecule has 3 heterocycles. The van der Waals surface area contributed by atoms with E-state index >= 15 is 0 Å². The molecule has 0 radical (unpaired) electrons. The molecule has 8 heteroatoms. The molecule has 0 saturated carbocycles. The van der Waals surface area contributed by atoms with Crippen molar-refractivity contribution in [2.45, 2.75) is 45.3 Å².